The Bertz CT molecular complexity index is 1040. The van der Waals surface area contributed by atoms with Crippen molar-refractivity contribution in [3.63, 3.8) is 0 Å². The number of ether oxygens (including phenoxy) is 1. The normalized spacial score (nSPS) is 14.6. The molecule has 176 valence electrons. The van der Waals surface area contributed by atoms with Gasteiger partial charge in [-0.15, -0.1) is 0 Å². The molecule has 1 aliphatic rings. The summed E-state index contributed by atoms with van der Waals surface area (Å²) in [5.41, 5.74) is -1.68. The van der Waals surface area contributed by atoms with Crippen molar-refractivity contribution in [1.29, 1.82) is 0 Å². The van der Waals surface area contributed by atoms with Gasteiger partial charge in [-0.1, -0.05) is 0 Å². The summed E-state index contributed by atoms with van der Waals surface area (Å²) in [6, 6.07) is 5.02. The van der Waals surface area contributed by atoms with Crippen molar-refractivity contribution in [3.05, 3.63) is 58.0 Å². The number of benzene rings is 1. The second-order valence-electron chi connectivity index (χ2n) is 7.24. The highest BCUT2D eigenvalue weighted by Crippen LogP contribution is 2.30. The number of hydrogen-bond donors (Lipinski definition) is 1. The SMILES string of the molecule is O=C(COC(=O)C1CCN(c2ccc(C(F)(F)F)cn2)CC1)Nc1ccc(F)c([N+](=O)[O-])c1. The summed E-state index contributed by atoms with van der Waals surface area (Å²) in [5.74, 6) is -2.56. The first-order chi connectivity index (χ1) is 15.5. The summed E-state index contributed by atoms with van der Waals surface area (Å²) < 4.78 is 56.3. The van der Waals surface area contributed by atoms with Crippen LogP contribution in [0.2, 0.25) is 0 Å². The van der Waals surface area contributed by atoms with Crippen LogP contribution in [0.25, 0.3) is 0 Å². The molecule has 0 radical (unpaired) electrons. The summed E-state index contributed by atoms with van der Waals surface area (Å²) in [5, 5.41) is 13.0. The number of nitro benzene ring substituents is 1. The van der Waals surface area contributed by atoms with Gasteiger partial charge < -0.3 is 15.0 Å². The number of carbonyl (C=O) groups is 2. The van der Waals surface area contributed by atoms with Crippen molar-refractivity contribution in [3.8, 4) is 0 Å². The molecule has 2 aromatic rings. The van der Waals surface area contributed by atoms with Crippen molar-refractivity contribution in [2.45, 2.75) is 19.0 Å². The number of rotatable bonds is 6. The van der Waals surface area contributed by atoms with Crippen molar-refractivity contribution in [2.75, 3.05) is 29.9 Å². The number of alkyl halides is 3. The van der Waals surface area contributed by atoms with Crippen molar-refractivity contribution in [1.82, 2.24) is 4.98 Å². The number of pyridine rings is 1. The summed E-state index contributed by atoms with van der Waals surface area (Å²) in [7, 11) is 0. The van der Waals surface area contributed by atoms with Crippen LogP contribution < -0.4 is 10.2 Å². The summed E-state index contributed by atoms with van der Waals surface area (Å²) in [4.78, 5) is 39.6. The van der Waals surface area contributed by atoms with Crippen molar-refractivity contribution in [2.24, 2.45) is 5.92 Å². The lowest BCUT2D eigenvalue weighted by Crippen LogP contribution is -2.38. The third-order valence-electron chi connectivity index (χ3n) is 5.00. The number of aromatic nitrogens is 1. The van der Waals surface area contributed by atoms with E-state index in [0.29, 0.717) is 31.7 Å². The fourth-order valence-electron chi connectivity index (χ4n) is 3.27. The van der Waals surface area contributed by atoms with Crippen LogP contribution in [0.4, 0.5) is 34.8 Å². The van der Waals surface area contributed by atoms with E-state index in [4.69, 9.17) is 4.74 Å². The Morgan fingerprint density at radius 3 is 2.48 bits per heavy atom. The van der Waals surface area contributed by atoms with Gasteiger partial charge in [-0.2, -0.15) is 17.6 Å². The Morgan fingerprint density at radius 1 is 1.21 bits per heavy atom. The summed E-state index contributed by atoms with van der Waals surface area (Å²) in [6.07, 6.45) is -3.01. The van der Waals surface area contributed by atoms with Crippen LogP contribution in [0.5, 0.6) is 0 Å². The summed E-state index contributed by atoms with van der Waals surface area (Å²) in [6.45, 7) is 0.0951. The number of nitrogens with one attached hydrogen (secondary N) is 1. The van der Waals surface area contributed by atoms with Gasteiger partial charge in [-0.05, 0) is 37.1 Å². The van der Waals surface area contributed by atoms with Crippen LogP contribution in [-0.2, 0) is 20.5 Å². The second kappa shape index (κ2) is 9.79. The molecule has 1 aliphatic heterocycles. The zero-order valence-electron chi connectivity index (χ0n) is 17.0. The van der Waals surface area contributed by atoms with Gasteiger partial charge in [0.15, 0.2) is 6.61 Å². The third-order valence-corrected chi connectivity index (χ3v) is 5.00. The lowest BCUT2D eigenvalue weighted by atomic mass is 9.97. The summed E-state index contributed by atoms with van der Waals surface area (Å²) >= 11 is 0. The van der Waals surface area contributed by atoms with Crippen LogP contribution in [0.1, 0.15) is 18.4 Å². The van der Waals surface area contributed by atoms with E-state index in [-0.39, 0.29) is 5.69 Å². The molecule has 1 amide bonds. The van der Waals surface area contributed by atoms with E-state index < -0.39 is 52.6 Å². The molecule has 1 N–H and O–H groups in total. The molecule has 33 heavy (non-hydrogen) atoms. The maximum Gasteiger partial charge on any atom is 0.417 e. The highest BCUT2D eigenvalue weighted by Gasteiger charge is 2.32. The molecule has 9 nitrogen and oxygen atoms in total. The standard InChI is InChI=1S/C20H18F4N4O5/c21-15-3-2-14(9-16(15)28(31)32)26-18(29)11-33-19(30)12-5-7-27(8-6-12)17-4-1-13(10-25-17)20(22,23)24/h1-4,9-10,12H,5-8,11H2,(H,26,29). The van der Waals surface area contributed by atoms with E-state index in [1.165, 1.54) is 6.07 Å². The molecule has 1 saturated heterocycles. The second-order valence-corrected chi connectivity index (χ2v) is 7.24. The van der Waals surface area contributed by atoms with Gasteiger partial charge >= 0.3 is 17.8 Å². The Hall–Kier alpha value is -3.77. The molecule has 0 aliphatic carbocycles. The van der Waals surface area contributed by atoms with E-state index in [1.54, 1.807) is 4.90 Å². The maximum absolute atomic E-state index is 13.3. The number of carbonyl (C=O) groups excluding carboxylic acids is 2. The zero-order valence-corrected chi connectivity index (χ0v) is 17.0. The Kier molecular flexibility index (Phi) is 7.09. The topological polar surface area (TPSA) is 115 Å². The minimum atomic E-state index is -4.47. The van der Waals surface area contributed by atoms with E-state index >= 15 is 0 Å². The Balaban J connectivity index is 1.46. The Labute approximate surface area is 184 Å². The minimum absolute atomic E-state index is 0.0264. The largest absolute Gasteiger partial charge is 0.455 e. The zero-order chi connectivity index (χ0) is 24.2. The van der Waals surface area contributed by atoms with Crippen molar-refractivity contribution < 1.29 is 36.8 Å². The van der Waals surface area contributed by atoms with E-state index in [1.807, 2.05) is 0 Å². The van der Waals surface area contributed by atoms with Crippen LogP contribution in [0, 0.1) is 21.8 Å². The average molecular weight is 470 g/mol. The van der Waals surface area contributed by atoms with Crippen molar-refractivity contribution >= 4 is 29.1 Å². The third kappa shape index (κ3) is 6.14. The molecule has 0 spiro atoms. The fourth-order valence-corrected chi connectivity index (χ4v) is 3.27. The molecule has 3 rings (SSSR count). The monoisotopic (exact) mass is 470 g/mol. The lowest BCUT2D eigenvalue weighted by Gasteiger charge is -2.31. The Morgan fingerprint density at radius 2 is 1.91 bits per heavy atom. The fraction of sp³-hybridized carbons (Fsp3) is 0.350. The van der Waals surface area contributed by atoms with Gasteiger partial charge in [-0.25, -0.2) is 4.98 Å². The van der Waals surface area contributed by atoms with Gasteiger partial charge in [-0.3, -0.25) is 19.7 Å². The number of anilines is 2. The predicted octanol–water partition coefficient (Wildman–Crippen LogP) is 3.55. The van der Waals surface area contributed by atoms with Gasteiger partial charge in [0.1, 0.15) is 5.82 Å². The first kappa shape index (κ1) is 23.9. The molecular weight excluding hydrogens is 452 g/mol. The first-order valence-electron chi connectivity index (χ1n) is 9.73. The average Bonchev–Trinajstić information content (AvgIpc) is 2.78. The first-order valence-corrected chi connectivity index (χ1v) is 9.73. The maximum atomic E-state index is 13.3. The van der Waals surface area contributed by atoms with E-state index in [9.17, 15) is 37.3 Å². The van der Waals surface area contributed by atoms with Gasteiger partial charge in [0.2, 0.25) is 5.82 Å². The number of halogens is 4. The molecule has 0 bridgehead atoms. The molecule has 1 fully saturated rings. The van der Waals surface area contributed by atoms with Gasteiger partial charge in [0.25, 0.3) is 5.91 Å². The number of nitrogens with zero attached hydrogens (tertiary/aromatic N) is 3. The number of amides is 1. The molecule has 0 unspecified atom stereocenters. The van der Waals surface area contributed by atoms with Crippen LogP contribution >= 0.6 is 0 Å². The predicted molar refractivity (Wildman–Crippen MR) is 107 cm³/mol. The highest BCUT2D eigenvalue weighted by atomic mass is 19.4. The van der Waals surface area contributed by atoms with Gasteiger partial charge in [0.05, 0.1) is 16.4 Å². The van der Waals surface area contributed by atoms with E-state index in [0.717, 1.165) is 30.5 Å². The molecule has 1 aromatic carbocycles. The van der Waals surface area contributed by atoms with Gasteiger partial charge in [0, 0.05) is 31.0 Å². The smallest absolute Gasteiger partial charge is 0.417 e. The number of hydrogen-bond acceptors (Lipinski definition) is 7. The molecule has 0 saturated carbocycles. The minimum Gasteiger partial charge on any atom is -0.455 e. The van der Waals surface area contributed by atoms with E-state index in [2.05, 4.69) is 10.3 Å². The molecule has 13 heteroatoms. The molecule has 2 heterocycles. The number of nitro groups is 1. The number of piperidine rings is 1. The number of esters is 1. The quantitative estimate of drug-likeness (QED) is 0.297. The molecule has 1 aromatic heterocycles. The van der Waals surface area contributed by atoms with Crippen LogP contribution in [0.15, 0.2) is 36.5 Å². The van der Waals surface area contributed by atoms with Crippen LogP contribution in [0.3, 0.4) is 0 Å². The highest BCUT2D eigenvalue weighted by molar-refractivity contribution is 5.93. The van der Waals surface area contributed by atoms with Crippen LogP contribution in [-0.4, -0.2) is 41.5 Å². The molecular formula is C20H18F4N4O5. The molecule has 0 atom stereocenters. The lowest BCUT2D eigenvalue weighted by molar-refractivity contribution is -0.387.